The van der Waals surface area contributed by atoms with Gasteiger partial charge < -0.3 is 15.0 Å². The zero-order valence-electron chi connectivity index (χ0n) is 11.7. The minimum Gasteiger partial charge on any atom is -0.378 e. The van der Waals surface area contributed by atoms with E-state index in [0.717, 1.165) is 22.4 Å². The first kappa shape index (κ1) is 18.5. The summed E-state index contributed by atoms with van der Waals surface area (Å²) in [5.41, 5.74) is 0. The maximum Gasteiger partial charge on any atom is 0.224 e. The number of thiophene rings is 1. The van der Waals surface area contributed by atoms with Gasteiger partial charge in [-0.2, -0.15) is 0 Å². The molecule has 1 aliphatic rings. The Bertz CT molecular complexity index is 462. The molecular formula is C14H20Cl2N2O2S. The van der Waals surface area contributed by atoms with Crippen LogP contribution in [-0.4, -0.2) is 43.2 Å². The van der Waals surface area contributed by atoms with Gasteiger partial charge in [-0.15, -0.1) is 30.3 Å². The van der Waals surface area contributed by atoms with Gasteiger partial charge in [0, 0.05) is 30.4 Å². The highest BCUT2D eigenvalue weighted by Crippen LogP contribution is 2.23. The fourth-order valence-corrected chi connectivity index (χ4v) is 3.23. The summed E-state index contributed by atoms with van der Waals surface area (Å²) >= 11 is 7.43. The number of carbonyl (C=O) groups excluding carboxylic acids is 1. The number of nitrogens with zero attached hydrogens (tertiary/aromatic N) is 1. The van der Waals surface area contributed by atoms with Crippen molar-refractivity contribution in [3.05, 3.63) is 34.0 Å². The molecule has 1 aromatic heterocycles. The Hall–Kier alpha value is -0.590. The van der Waals surface area contributed by atoms with E-state index in [1.807, 2.05) is 12.1 Å². The van der Waals surface area contributed by atoms with Crippen molar-refractivity contribution in [2.45, 2.75) is 19.0 Å². The highest BCUT2D eigenvalue weighted by molar-refractivity contribution is 7.16. The lowest BCUT2D eigenvalue weighted by atomic mass is 10.1. The second-order valence-corrected chi connectivity index (χ2v) is 6.50. The van der Waals surface area contributed by atoms with E-state index < -0.39 is 0 Å². The summed E-state index contributed by atoms with van der Waals surface area (Å²) in [6, 6.07) is 3.92. The first-order chi connectivity index (χ1) is 9.69. The van der Waals surface area contributed by atoms with Gasteiger partial charge in [-0.1, -0.05) is 17.7 Å². The van der Waals surface area contributed by atoms with Crippen LogP contribution >= 0.6 is 35.3 Å². The van der Waals surface area contributed by atoms with Crippen LogP contribution in [0.15, 0.2) is 24.8 Å². The topological polar surface area (TPSA) is 41.6 Å². The summed E-state index contributed by atoms with van der Waals surface area (Å²) in [6.07, 6.45) is 2.20. The molecule has 0 spiro atoms. The second kappa shape index (κ2) is 9.43. The van der Waals surface area contributed by atoms with Crippen LogP contribution < -0.4 is 5.32 Å². The van der Waals surface area contributed by atoms with Crippen LogP contribution in [-0.2, 0) is 16.1 Å². The molecule has 0 aliphatic carbocycles. The van der Waals surface area contributed by atoms with E-state index >= 15 is 0 Å². The van der Waals surface area contributed by atoms with Crippen molar-refractivity contribution in [1.82, 2.24) is 10.2 Å². The monoisotopic (exact) mass is 350 g/mol. The van der Waals surface area contributed by atoms with E-state index in [0.29, 0.717) is 26.1 Å². The minimum atomic E-state index is 0. The van der Waals surface area contributed by atoms with Gasteiger partial charge in [0.25, 0.3) is 0 Å². The fraction of sp³-hybridized carbons (Fsp3) is 0.500. The summed E-state index contributed by atoms with van der Waals surface area (Å²) in [5.74, 6) is 0.109. The van der Waals surface area contributed by atoms with E-state index in [9.17, 15) is 4.79 Å². The maximum atomic E-state index is 12.4. The first-order valence-electron chi connectivity index (χ1n) is 6.63. The molecule has 1 unspecified atom stereocenters. The number of ether oxygens (including phenoxy) is 1. The van der Waals surface area contributed by atoms with E-state index in [2.05, 4.69) is 11.9 Å². The summed E-state index contributed by atoms with van der Waals surface area (Å²) in [5, 5.41) is 3.30. The molecule has 118 valence electrons. The molecule has 21 heavy (non-hydrogen) atoms. The van der Waals surface area contributed by atoms with Gasteiger partial charge in [0.1, 0.15) is 0 Å². The number of hydrogen-bond donors (Lipinski definition) is 1. The Balaban J connectivity index is 0.00000220. The molecule has 1 saturated heterocycles. The fourth-order valence-electron chi connectivity index (χ4n) is 2.13. The summed E-state index contributed by atoms with van der Waals surface area (Å²) in [7, 11) is 0. The number of rotatable bonds is 6. The Morgan fingerprint density at radius 2 is 2.43 bits per heavy atom. The molecule has 4 nitrogen and oxygen atoms in total. The molecule has 0 aromatic carbocycles. The van der Waals surface area contributed by atoms with Crippen molar-refractivity contribution < 1.29 is 9.53 Å². The number of morpholine rings is 1. The molecule has 1 atom stereocenters. The molecule has 1 aromatic rings. The molecule has 0 saturated carbocycles. The quantitative estimate of drug-likeness (QED) is 0.802. The minimum absolute atomic E-state index is 0. The summed E-state index contributed by atoms with van der Waals surface area (Å²) < 4.78 is 6.12. The zero-order chi connectivity index (χ0) is 14.4. The lowest BCUT2D eigenvalue weighted by Crippen LogP contribution is -2.45. The van der Waals surface area contributed by atoms with Crippen molar-refractivity contribution in [1.29, 1.82) is 0 Å². The molecule has 2 rings (SSSR count). The summed E-state index contributed by atoms with van der Waals surface area (Å²) in [4.78, 5) is 15.2. The number of hydrogen-bond acceptors (Lipinski definition) is 4. The van der Waals surface area contributed by atoms with E-state index in [1.165, 1.54) is 11.3 Å². The van der Waals surface area contributed by atoms with Gasteiger partial charge in [-0.3, -0.25) is 4.79 Å². The van der Waals surface area contributed by atoms with Crippen LogP contribution in [0.2, 0.25) is 4.34 Å². The lowest BCUT2D eigenvalue weighted by Gasteiger charge is -2.27. The average molecular weight is 351 g/mol. The maximum absolute atomic E-state index is 12.4. The Morgan fingerprint density at radius 1 is 1.62 bits per heavy atom. The van der Waals surface area contributed by atoms with Crippen molar-refractivity contribution in [3.63, 3.8) is 0 Å². The number of halogens is 2. The van der Waals surface area contributed by atoms with Gasteiger partial charge in [0.2, 0.25) is 5.91 Å². The Labute approximate surface area is 140 Å². The first-order valence-corrected chi connectivity index (χ1v) is 7.82. The van der Waals surface area contributed by atoms with Crippen molar-refractivity contribution in [2.24, 2.45) is 0 Å². The largest absolute Gasteiger partial charge is 0.378 e. The van der Waals surface area contributed by atoms with Crippen LogP contribution in [0.25, 0.3) is 0 Å². The highest BCUT2D eigenvalue weighted by Gasteiger charge is 2.21. The third kappa shape index (κ3) is 5.96. The Morgan fingerprint density at radius 3 is 3.00 bits per heavy atom. The van der Waals surface area contributed by atoms with Gasteiger partial charge >= 0.3 is 0 Å². The lowest BCUT2D eigenvalue weighted by molar-refractivity contribution is -0.132. The van der Waals surface area contributed by atoms with Gasteiger partial charge in [0.15, 0.2) is 0 Å². The number of carbonyl (C=O) groups is 1. The number of amides is 1. The third-order valence-electron chi connectivity index (χ3n) is 3.10. The van der Waals surface area contributed by atoms with Crippen molar-refractivity contribution in [2.75, 3.05) is 26.3 Å². The van der Waals surface area contributed by atoms with Crippen LogP contribution in [0.4, 0.5) is 0 Å². The predicted molar refractivity (Wildman–Crippen MR) is 89.4 cm³/mol. The van der Waals surface area contributed by atoms with E-state index in [1.54, 1.807) is 11.0 Å². The average Bonchev–Trinajstić information content (AvgIpc) is 2.85. The molecule has 2 heterocycles. The van der Waals surface area contributed by atoms with Crippen LogP contribution in [0.1, 0.15) is 11.3 Å². The van der Waals surface area contributed by atoms with E-state index in [-0.39, 0.29) is 24.4 Å². The van der Waals surface area contributed by atoms with Crippen molar-refractivity contribution >= 4 is 41.3 Å². The highest BCUT2D eigenvalue weighted by atomic mass is 35.5. The molecule has 0 bridgehead atoms. The predicted octanol–water partition coefficient (Wildman–Crippen LogP) is 2.72. The van der Waals surface area contributed by atoms with Gasteiger partial charge in [-0.05, 0) is 12.1 Å². The molecule has 1 amide bonds. The van der Waals surface area contributed by atoms with Gasteiger partial charge in [0.05, 0.1) is 24.1 Å². The van der Waals surface area contributed by atoms with Crippen LogP contribution in [0.5, 0.6) is 0 Å². The number of nitrogens with one attached hydrogen (secondary N) is 1. The van der Waals surface area contributed by atoms with Crippen molar-refractivity contribution in [3.8, 4) is 0 Å². The summed E-state index contributed by atoms with van der Waals surface area (Å²) in [6.45, 7) is 6.96. The van der Waals surface area contributed by atoms with E-state index in [4.69, 9.17) is 16.3 Å². The zero-order valence-corrected chi connectivity index (χ0v) is 14.1. The smallest absolute Gasteiger partial charge is 0.224 e. The standard InChI is InChI=1S/C14H19ClN2O2S.ClH/c1-2-6-17(9-12-3-4-13(15)20-12)14(18)8-11-10-19-7-5-16-11;/h2-4,11,16H,1,5-10H2;1H. The molecular weight excluding hydrogens is 331 g/mol. The normalized spacial score (nSPS) is 17.9. The molecule has 1 N–H and O–H groups in total. The molecule has 1 fully saturated rings. The second-order valence-electron chi connectivity index (χ2n) is 4.70. The molecule has 1 aliphatic heterocycles. The molecule has 0 radical (unpaired) electrons. The SMILES string of the molecule is C=CCN(Cc1ccc(Cl)s1)C(=O)CC1COCCN1.Cl. The third-order valence-corrected chi connectivity index (χ3v) is 4.31. The Kier molecular flexibility index (Phi) is 8.29. The van der Waals surface area contributed by atoms with Crippen LogP contribution in [0, 0.1) is 0 Å². The molecule has 7 heteroatoms. The van der Waals surface area contributed by atoms with Crippen LogP contribution in [0.3, 0.4) is 0 Å². The van der Waals surface area contributed by atoms with Gasteiger partial charge in [-0.25, -0.2) is 0 Å².